The van der Waals surface area contributed by atoms with Gasteiger partial charge in [-0.2, -0.15) is 0 Å². The van der Waals surface area contributed by atoms with Crippen LogP contribution in [0.5, 0.6) is 0 Å². The molecule has 17 heavy (non-hydrogen) atoms. The second kappa shape index (κ2) is 4.99. The highest BCUT2D eigenvalue weighted by Crippen LogP contribution is 2.33. The van der Waals surface area contributed by atoms with E-state index in [2.05, 4.69) is 34.5 Å². The molecule has 0 spiro atoms. The molecule has 1 aliphatic carbocycles. The molecule has 1 heterocycles. The first-order chi connectivity index (χ1) is 7.92. The molecule has 0 saturated heterocycles. The molecule has 0 aromatic carbocycles. The quantitative estimate of drug-likeness (QED) is 0.920. The smallest absolute Gasteiger partial charge is 0.207 e. The van der Waals surface area contributed by atoms with Crippen LogP contribution >= 0.6 is 27.3 Å². The van der Waals surface area contributed by atoms with E-state index in [4.69, 9.17) is 0 Å². The predicted molar refractivity (Wildman–Crippen MR) is 73.7 cm³/mol. The van der Waals surface area contributed by atoms with E-state index in [9.17, 15) is 8.42 Å². The summed E-state index contributed by atoms with van der Waals surface area (Å²) in [5.74, 6) is 0.998. The van der Waals surface area contributed by atoms with Crippen LogP contribution in [0.25, 0.3) is 0 Å². The van der Waals surface area contributed by atoms with Crippen molar-refractivity contribution in [2.45, 2.75) is 36.9 Å². The third kappa shape index (κ3) is 2.75. The molecule has 1 N–H and O–H groups in total. The normalized spacial score (nSPS) is 29.7. The van der Waals surface area contributed by atoms with Crippen LogP contribution in [0.2, 0.25) is 0 Å². The fraction of sp³-hybridized carbons (Fsp3) is 0.636. The molecule has 1 saturated carbocycles. The zero-order chi connectivity index (χ0) is 12.6. The van der Waals surface area contributed by atoms with Gasteiger partial charge in [-0.3, -0.25) is 0 Å². The van der Waals surface area contributed by atoms with Gasteiger partial charge in [0.25, 0.3) is 10.0 Å². The molecule has 0 aliphatic heterocycles. The summed E-state index contributed by atoms with van der Waals surface area (Å²) in [4.78, 5) is 0. The van der Waals surface area contributed by atoms with Crippen molar-refractivity contribution in [2.24, 2.45) is 11.8 Å². The number of hydrogen-bond donors (Lipinski definition) is 1. The summed E-state index contributed by atoms with van der Waals surface area (Å²) < 4.78 is 28.2. The Labute approximate surface area is 115 Å². The molecular weight excluding hydrogens is 322 g/mol. The van der Waals surface area contributed by atoms with E-state index in [1.165, 1.54) is 11.3 Å². The van der Waals surface area contributed by atoms with Crippen molar-refractivity contribution in [2.75, 3.05) is 0 Å². The van der Waals surface area contributed by atoms with E-state index in [1.54, 1.807) is 11.4 Å². The number of halogens is 1. The van der Waals surface area contributed by atoms with Crippen LogP contribution in [0, 0.1) is 11.8 Å². The first-order valence-corrected chi connectivity index (χ1v) is 8.82. The van der Waals surface area contributed by atoms with E-state index < -0.39 is 10.0 Å². The van der Waals surface area contributed by atoms with Crippen molar-refractivity contribution in [3.8, 4) is 0 Å². The number of nitrogens with one attached hydrogen (secondary N) is 1. The van der Waals surface area contributed by atoms with Crippen molar-refractivity contribution in [1.82, 2.24) is 4.72 Å². The Kier molecular flexibility index (Phi) is 3.97. The zero-order valence-corrected chi connectivity index (χ0v) is 13.0. The fourth-order valence-corrected chi connectivity index (χ4v) is 5.97. The van der Waals surface area contributed by atoms with Gasteiger partial charge in [0.2, 0.25) is 0 Å². The Balaban J connectivity index is 2.17. The minimum absolute atomic E-state index is 0.0731. The molecule has 0 radical (unpaired) electrons. The highest BCUT2D eigenvalue weighted by atomic mass is 79.9. The van der Waals surface area contributed by atoms with Crippen molar-refractivity contribution in [1.29, 1.82) is 0 Å². The topological polar surface area (TPSA) is 46.2 Å². The summed E-state index contributed by atoms with van der Waals surface area (Å²) in [6, 6.07) is 1.84. The number of rotatable bonds is 3. The van der Waals surface area contributed by atoms with Crippen LogP contribution in [0.3, 0.4) is 0 Å². The van der Waals surface area contributed by atoms with Crippen molar-refractivity contribution >= 4 is 37.3 Å². The van der Waals surface area contributed by atoms with Crippen LogP contribution in [-0.4, -0.2) is 14.5 Å². The maximum Gasteiger partial charge on any atom is 0.251 e. The summed E-state index contributed by atoms with van der Waals surface area (Å²) in [6.07, 6.45) is 2.03. The minimum Gasteiger partial charge on any atom is -0.207 e. The molecular formula is C11H16BrNO2S2. The Morgan fingerprint density at radius 1 is 1.41 bits per heavy atom. The summed E-state index contributed by atoms with van der Waals surface area (Å²) in [7, 11) is -3.37. The van der Waals surface area contributed by atoms with E-state index in [0.29, 0.717) is 20.5 Å². The molecule has 1 aromatic rings. The van der Waals surface area contributed by atoms with Gasteiger partial charge >= 0.3 is 0 Å². The molecule has 3 unspecified atom stereocenters. The molecule has 0 bridgehead atoms. The fourth-order valence-electron chi connectivity index (χ4n) is 2.26. The monoisotopic (exact) mass is 337 g/mol. The Morgan fingerprint density at radius 3 is 2.59 bits per heavy atom. The zero-order valence-electron chi connectivity index (χ0n) is 9.81. The molecule has 1 fully saturated rings. The first kappa shape index (κ1) is 13.5. The van der Waals surface area contributed by atoms with Crippen LogP contribution in [0.1, 0.15) is 26.7 Å². The number of hydrogen-bond acceptors (Lipinski definition) is 3. The third-order valence-corrected chi connectivity index (χ3v) is 7.76. The standard InChI is InChI=1S/C11H16BrNO2S2/c1-7-3-4-10(8(7)2)13-17(14,15)11-9(12)5-6-16-11/h5-8,10,13H,3-4H2,1-2H3. The van der Waals surface area contributed by atoms with Crippen molar-refractivity contribution in [3.63, 3.8) is 0 Å². The predicted octanol–water partition coefficient (Wildman–Crippen LogP) is 3.22. The maximum atomic E-state index is 12.2. The Bertz CT molecular complexity index is 497. The van der Waals surface area contributed by atoms with Gasteiger partial charge in [-0.05, 0) is 52.1 Å². The lowest BCUT2D eigenvalue weighted by Crippen LogP contribution is -2.37. The lowest BCUT2D eigenvalue weighted by atomic mass is 9.98. The second-order valence-electron chi connectivity index (χ2n) is 4.70. The number of sulfonamides is 1. The highest BCUT2D eigenvalue weighted by molar-refractivity contribution is 9.10. The van der Waals surface area contributed by atoms with Gasteiger partial charge in [-0.15, -0.1) is 11.3 Å². The molecule has 1 aliphatic rings. The average molecular weight is 338 g/mol. The maximum absolute atomic E-state index is 12.2. The Morgan fingerprint density at radius 2 is 2.12 bits per heavy atom. The van der Waals surface area contributed by atoms with Crippen LogP contribution in [0.4, 0.5) is 0 Å². The van der Waals surface area contributed by atoms with Crippen LogP contribution in [-0.2, 0) is 10.0 Å². The van der Waals surface area contributed by atoms with Gasteiger partial charge in [0.15, 0.2) is 0 Å². The molecule has 96 valence electrons. The first-order valence-electron chi connectivity index (χ1n) is 5.67. The SMILES string of the molecule is CC1CCC(NS(=O)(=O)c2sccc2Br)C1C. The molecule has 0 amide bonds. The van der Waals surface area contributed by atoms with Gasteiger partial charge in [0.05, 0.1) is 0 Å². The van der Waals surface area contributed by atoms with Crippen molar-refractivity contribution < 1.29 is 8.42 Å². The minimum atomic E-state index is -3.37. The molecule has 1 aromatic heterocycles. The lowest BCUT2D eigenvalue weighted by molar-refractivity contribution is 0.402. The third-order valence-electron chi connectivity index (χ3n) is 3.60. The molecule has 2 rings (SSSR count). The second-order valence-corrected chi connectivity index (χ2v) is 8.38. The van der Waals surface area contributed by atoms with Gasteiger partial charge in [0.1, 0.15) is 4.21 Å². The summed E-state index contributed by atoms with van der Waals surface area (Å²) in [5, 5.41) is 1.78. The average Bonchev–Trinajstić information content (AvgIpc) is 2.80. The number of thiophene rings is 1. The summed E-state index contributed by atoms with van der Waals surface area (Å²) in [6.45, 7) is 4.30. The van der Waals surface area contributed by atoms with E-state index in [-0.39, 0.29) is 6.04 Å². The van der Waals surface area contributed by atoms with Gasteiger partial charge in [-0.1, -0.05) is 13.8 Å². The lowest BCUT2D eigenvalue weighted by Gasteiger charge is -2.19. The largest absolute Gasteiger partial charge is 0.251 e. The van der Waals surface area contributed by atoms with Crippen molar-refractivity contribution in [3.05, 3.63) is 15.9 Å². The molecule has 3 atom stereocenters. The summed E-state index contributed by atoms with van der Waals surface area (Å²) >= 11 is 4.51. The Hall–Kier alpha value is 0.0900. The van der Waals surface area contributed by atoms with E-state index >= 15 is 0 Å². The van der Waals surface area contributed by atoms with Gasteiger partial charge < -0.3 is 0 Å². The van der Waals surface area contributed by atoms with Crippen LogP contribution < -0.4 is 4.72 Å². The highest BCUT2D eigenvalue weighted by Gasteiger charge is 2.33. The van der Waals surface area contributed by atoms with E-state index in [1.807, 2.05) is 0 Å². The van der Waals surface area contributed by atoms with Crippen LogP contribution in [0.15, 0.2) is 20.1 Å². The molecule has 6 heteroatoms. The van der Waals surface area contributed by atoms with E-state index in [0.717, 1.165) is 12.8 Å². The molecule has 3 nitrogen and oxygen atoms in total. The van der Waals surface area contributed by atoms with Gasteiger partial charge in [-0.25, -0.2) is 13.1 Å². The summed E-state index contributed by atoms with van der Waals surface area (Å²) in [5.41, 5.74) is 0. The van der Waals surface area contributed by atoms with Gasteiger partial charge in [0, 0.05) is 10.5 Å².